The van der Waals surface area contributed by atoms with Crippen LogP contribution in [0.1, 0.15) is 49.9 Å². The van der Waals surface area contributed by atoms with E-state index in [4.69, 9.17) is 10.8 Å². The Balaban J connectivity index is 2.20. The number of carboxylic acids is 1. The van der Waals surface area contributed by atoms with Crippen molar-refractivity contribution in [1.82, 2.24) is 0 Å². The van der Waals surface area contributed by atoms with Crippen LogP contribution in [0.5, 0.6) is 0 Å². The summed E-state index contributed by atoms with van der Waals surface area (Å²) in [6.45, 7) is 4.50. The highest BCUT2D eigenvalue weighted by atomic mass is 16.4. The molecule has 0 amide bonds. The van der Waals surface area contributed by atoms with Gasteiger partial charge in [-0.25, -0.2) is 4.79 Å². The summed E-state index contributed by atoms with van der Waals surface area (Å²) in [7, 11) is 0. The highest BCUT2D eigenvalue weighted by Gasteiger charge is 2.28. The number of para-hydroxylation sites is 1. The van der Waals surface area contributed by atoms with Gasteiger partial charge >= 0.3 is 5.97 Å². The van der Waals surface area contributed by atoms with Crippen molar-refractivity contribution >= 4 is 17.3 Å². The third kappa shape index (κ3) is 3.06. The molecule has 1 fully saturated rings. The van der Waals surface area contributed by atoms with Crippen molar-refractivity contribution in [3.63, 3.8) is 0 Å². The van der Waals surface area contributed by atoms with E-state index in [1.807, 2.05) is 6.07 Å². The molecular formula is C16H24N2O2. The second-order valence-corrected chi connectivity index (χ2v) is 6.02. The van der Waals surface area contributed by atoms with Gasteiger partial charge in [-0.3, -0.25) is 0 Å². The van der Waals surface area contributed by atoms with E-state index in [2.05, 4.69) is 19.2 Å². The van der Waals surface area contributed by atoms with E-state index in [-0.39, 0.29) is 5.56 Å². The fourth-order valence-electron chi connectivity index (χ4n) is 3.21. The fourth-order valence-corrected chi connectivity index (χ4v) is 3.21. The van der Waals surface area contributed by atoms with Crippen LogP contribution in [0.25, 0.3) is 0 Å². The number of hydrogen-bond donors (Lipinski definition) is 3. The molecule has 0 bridgehead atoms. The van der Waals surface area contributed by atoms with E-state index in [1.165, 1.54) is 19.3 Å². The zero-order valence-corrected chi connectivity index (χ0v) is 12.2. The van der Waals surface area contributed by atoms with Gasteiger partial charge in [0.25, 0.3) is 0 Å². The lowest BCUT2D eigenvalue weighted by Crippen LogP contribution is -2.35. The SMILES string of the molecule is CC(C)C1CCCCC1Nc1cccc(C(=O)O)c1N. The third-order valence-electron chi connectivity index (χ3n) is 4.35. The lowest BCUT2D eigenvalue weighted by Gasteiger charge is -2.36. The van der Waals surface area contributed by atoms with Gasteiger partial charge in [0.15, 0.2) is 0 Å². The van der Waals surface area contributed by atoms with E-state index in [0.717, 1.165) is 12.1 Å². The normalized spacial score (nSPS) is 22.8. The average Bonchev–Trinajstić information content (AvgIpc) is 2.41. The molecule has 0 heterocycles. The number of nitrogens with one attached hydrogen (secondary N) is 1. The van der Waals surface area contributed by atoms with E-state index < -0.39 is 5.97 Å². The van der Waals surface area contributed by atoms with Crippen LogP contribution in [0.3, 0.4) is 0 Å². The molecule has 0 radical (unpaired) electrons. The highest BCUT2D eigenvalue weighted by molar-refractivity contribution is 5.97. The Labute approximate surface area is 120 Å². The number of carboxylic acid groups (broad SMARTS) is 1. The predicted octanol–water partition coefficient (Wildman–Crippen LogP) is 3.59. The van der Waals surface area contributed by atoms with E-state index in [1.54, 1.807) is 12.1 Å². The van der Waals surface area contributed by atoms with Gasteiger partial charge in [0, 0.05) is 6.04 Å². The number of benzene rings is 1. The number of carbonyl (C=O) groups is 1. The second-order valence-electron chi connectivity index (χ2n) is 6.02. The number of hydrogen-bond acceptors (Lipinski definition) is 3. The number of nitrogen functional groups attached to an aromatic ring is 1. The summed E-state index contributed by atoms with van der Waals surface area (Å²) in [6.07, 6.45) is 4.86. The average molecular weight is 276 g/mol. The standard InChI is InChI=1S/C16H24N2O2/c1-10(2)11-6-3-4-8-13(11)18-14-9-5-7-12(15(14)17)16(19)20/h5,7,9-11,13,18H,3-4,6,8,17H2,1-2H3,(H,19,20). The third-order valence-corrected chi connectivity index (χ3v) is 4.35. The maximum atomic E-state index is 11.1. The Bertz CT molecular complexity index is 485. The van der Waals surface area contributed by atoms with Gasteiger partial charge in [-0.2, -0.15) is 0 Å². The Morgan fingerprint density at radius 3 is 2.70 bits per heavy atom. The molecule has 110 valence electrons. The Kier molecular flexibility index (Phi) is 4.53. The molecule has 1 aliphatic carbocycles. The first kappa shape index (κ1) is 14.7. The van der Waals surface area contributed by atoms with Crippen LogP contribution in [0.4, 0.5) is 11.4 Å². The molecule has 1 aromatic carbocycles. The maximum absolute atomic E-state index is 11.1. The van der Waals surface area contributed by atoms with Gasteiger partial charge in [0.1, 0.15) is 0 Å². The molecule has 0 saturated heterocycles. The van der Waals surface area contributed by atoms with Gasteiger partial charge in [0.2, 0.25) is 0 Å². The summed E-state index contributed by atoms with van der Waals surface area (Å²) in [5.74, 6) is 0.267. The van der Waals surface area contributed by atoms with Gasteiger partial charge in [0.05, 0.1) is 16.9 Å². The van der Waals surface area contributed by atoms with Crippen molar-refractivity contribution in [2.75, 3.05) is 11.1 Å². The number of nitrogens with two attached hydrogens (primary N) is 1. The minimum absolute atomic E-state index is 0.173. The molecule has 0 aliphatic heterocycles. The molecule has 0 aromatic heterocycles. The van der Waals surface area contributed by atoms with Gasteiger partial charge < -0.3 is 16.2 Å². The van der Waals surface area contributed by atoms with Crippen LogP contribution < -0.4 is 11.1 Å². The molecule has 2 rings (SSSR count). The first-order valence-electron chi connectivity index (χ1n) is 7.39. The molecule has 2 atom stereocenters. The van der Waals surface area contributed by atoms with Crippen molar-refractivity contribution in [3.8, 4) is 0 Å². The van der Waals surface area contributed by atoms with Gasteiger partial charge in [-0.1, -0.05) is 32.8 Å². The lowest BCUT2D eigenvalue weighted by molar-refractivity contribution is 0.0698. The van der Waals surface area contributed by atoms with Crippen LogP contribution >= 0.6 is 0 Å². The molecule has 1 aromatic rings. The van der Waals surface area contributed by atoms with Crippen LogP contribution in [-0.4, -0.2) is 17.1 Å². The molecule has 2 unspecified atom stereocenters. The van der Waals surface area contributed by atoms with Crippen molar-refractivity contribution < 1.29 is 9.90 Å². The van der Waals surface area contributed by atoms with E-state index in [9.17, 15) is 4.79 Å². The number of anilines is 2. The lowest BCUT2D eigenvalue weighted by atomic mass is 9.77. The number of aromatic carboxylic acids is 1. The summed E-state index contributed by atoms with van der Waals surface area (Å²) in [4.78, 5) is 11.1. The predicted molar refractivity (Wildman–Crippen MR) is 82.0 cm³/mol. The summed E-state index contributed by atoms with van der Waals surface area (Å²) >= 11 is 0. The van der Waals surface area contributed by atoms with Crippen LogP contribution in [0, 0.1) is 11.8 Å². The summed E-state index contributed by atoms with van der Waals surface area (Å²) in [5.41, 5.74) is 7.25. The molecule has 4 heteroatoms. The Morgan fingerprint density at radius 2 is 2.05 bits per heavy atom. The first-order chi connectivity index (χ1) is 9.50. The van der Waals surface area contributed by atoms with Crippen LogP contribution in [0.2, 0.25) is 0 Å². The summed E-state index contributed by atoms with van der Waals surface area (Å²) < 4.78 is 0. The zero-order valence-electron chi connectivity index (χ0n) is 12.2. The van der Waals surface area contributed by atoms with Crippen LogP contribution in [-0.2, 0) is 0 Å². The minimum Gasteiger partial charge on any atom is -0.478 e. The summed E-state index contributed by atoms with van der Waals surface area (Å²) in [5, 5.41) is 12.6. The zero-order chi connectivity index (χ0) is 14.7. The molecule has 0 spiro atoms. The molecule has 4 nitrogen and oxygen atoms in total. The van der Waals surface area contributed by atoms with Crippen LogP contribution in [0.15, 0.2) is 18.2 Å². The van der Waals surface area contributed by atoms with E-state index in [0.29, 0.717) is 23.6 Å². The quantitative estimate of drug-likeness (QED) is 0.734. The highest BCUT2D eigenvalue weighted by Crippen LogP contribution is 2.34. The summed E-state index contributed by atoms with van der Waals surface area (Å²) in [6, 6.07) is 5.54. The van der Waals surface area contributed by atoms with Crippen molar-refractivity contribution in [1.29, 1.82) is 0 Å². The fraction of sp³-hybridized carbons (Fsp3) is 0.562. The van der Waals surface area contributed by atoms with Crippen molar-refractivity contribution in [2.45, 2.75) is 45.6 Å². The molecule has 1 saturated carbocycles. The topological polar surface area (TPSA) is 75.3 Å². The molecule has 4 N–H and O–H groups in total. The molecule has 1 aliphatic rings. The number of rotatable bonds is 4. The van der Waals surface area contributed by atoms with E-state index >= 15 is 0 Å². The van der Waals surface area contributed by atoms with Crippen molar-refractivity contribution in [3.05, 3.63) is 23.8 Å². The molecular weight excluding hydrogens is 252 g/mol. The van der Waals surface area contributed by atoms with Gasteiger partial charge in [-0.05, 0) is 36.8 Å². The maximum Gasteiger partial charge on any atom is 0.337 e. The first-order valence-corrected chi connectivity index (χ1v) is 7.39. The molecule has 20 heavy (non-hydrogen) atoms. The smallest absolute Gasteiger partial charge is 0.337 e. The Hall–Kier alpha value is -1.71. The monoisotopic (exact) mass is 276 g/mol. The Morgan fingerprint density at radius 1 is 1.35 bits per heavy atom. The minimum atomic E-state index is -0.977. The van der Waals surface area contributed by atoms with Crippen molar-refractivity contribution in [2.24, 2.45) is 11.8 Å². The largest absolute Gasteiger partial charge is 0.478 e. The van der Waals surface area contributed by atoms with Gasteiger partial charge in [-0.15, -0.1) is 0 Å². The second kappa shape index (κ2) is 6.16.